The minimum atomic E-state index is -0.392. The first-order chi connectivity index (χ1) is 13.7. The average Bonchev–Trinajstić information content (AvgIpc) is 2.70. The van der Waals surface area contributed by atoms with Gasteiger partial charge in [0.1, 0.15) is 5.75 Å². The van der Waals surface area contributed by atoms with Crippen molar-refractivity contribution in [2.45, 2.75) is 84.0 Å². The highest BCUT2D eigenvalue weighted by atomic mass is 16.5. The van der Waals surface area contributed by atoms with Gasteiger partial charge in [-0.2, -0.15) is 5.26 Å². The third kappa shape index (κ3) is 12.1. The Bertz CT molecular complexity index is 604. The van der Waals surface area contributed by atoms with Crippen molar-refractivity contribution in [3.63, 3.8) is 0 Å². The Morgan fingerprint density at radius 3 is 2.00 bits per heavy atom. The molecule has 0 radical (unpaired) electrons. The lowest BCUT2D eigenvalue weighted by Crippen LogP contribution is -2.10. The van der Waals surface area contributed by atoms with Crippen LogP contribution in [0.1, 0.15) is 89.5 Å². The van der Waals surface area contributed by atoms with Gasteiger partial charge in [0.25, 0.3) is 0 Å². The number of ether oxygens (including phenoxy) is 2. The van der Waals surface area contributed by atoms with Crippen LogP contribution in [0.2, 0.25) is 0 Å². The first-order valence-corrected chi connectivity index (χ1v) is 10.5. The van der Waals surface area contributed by atoms with E-state index in [4.69, 9.17) is 14.7 Å². The molecule has 154 valence electrons. The van der Waals surface area contributed by atoms with Gasteiger partial charge in [-0.3, -0.25) is 9.59 Å². The lowest BCUT2D eigenvalue weighted by molar-refractivity contribution is -0.144. The molecule has 28 heavy (non-hydrogen) atoms. The molecule has 0 aliphatic carbocycles. The molecular formula is C23H33NO4. The van der Waals surface area contributed by atoms with E-state index in [-0.39, 0.29) is 18.8 Å². The summed E-state index contributed by atoms with van der Waals surface area (Å²) in [5.41, 5.74) is 0.509. The third-order valence-electron chi connectivity index (χ3n) is 4.49. The van der Waals surface area contributed by atoms with E-state index in [1.54, 1.807) is 24.3 Å². The largest absolute Gasteiger partial charge is 0.466 e. The van der Waals surface area contributed by atoms with Crippen LogP contribution in [0.15, 0.2) is 24.3 Å². The Morgan fingerprint density at radius 1 is 0.821 bits per heavy atom. The first-order valence-electron chi connectivity index (χ1n) is 10.5. The number of nitrogens with zero attached hydrogens (tertiary/aromatic N) is 1. The number of hydrogen-bond acceptors (Lipinski definition) is 5. The molecule has 5 nitrogen and oxygen atoms in total. The predicted octanol–water partition coefficient (Wildman–Crippen LogP) is 5.71. The average molecular weight is 388 g/mol. The molecule has 0 aliphatic heterocycles. The van der Waals surface area contributed by atoms with Crippen LogP contribution in [0.4, 0.5) is 0 Å². The first kappa shape index (κ1) is 23.7. The van der Waals surface area contributed by atoms with Gasteiger partial charge in [0.15, 0.2) is 0 Å². The highest BCUT2D eigenvalue weighted by Gasteiger charge is 2.08. The molecule has 1 aromatic rings. The second-order valence-corrected chi connectivity index (χ2v) is 7.01. The van der Waals surface area contributed by atoms with Gasteiger partial charge in [0.05, 0.1) is 18.2 Å². The summed E-state index contributed by atoms with van der Waals surface area (Å²) in [7, 11) is 0. The molecule has 0 spiro atoms. The molecule has 0 heterocycles. The molecular weight excluding hydrogens is 354 g/mol. The summed E-state index contributed by atoms with van der Waals surface area (Å²) in [4.78, 5) is 23.4. The van der Waals surface area contributed by atoms with Crippen LogP contribution in [-0.4, -0.2) is 18.5 Å². The van der Waals surface area contributed by atoms with Crippen molar-refractivity contribution in [2.75, 3.05) is 6.61 Å². The number of nitriles is 1. The van der Waals surface area contributed by atoms with Crippen LogP contribution in [0, 0.1) is 11.3 Å². The van der Waals surface area contributed by atoms with Crippen molar-refractivity contribution < 1.29 is 19.1 Å². The molecule has 0 aliphatic rings. The van der Waals surface area contributed by atoms with Crippen LogP contribution >= 0.6 is 0 Å². The van der Waals surface area contributed by atoms with Crippen LogP contribution in [0.25, 0.3) is 0 Å². The highest BCUT2D eigenvalue weighted by molar-refractivity contribution is 5.74. The second-order valence-electron chi connectivity index (χ2n) is 7.01. The maximum Gasteiger partial charge on any atom is 0.311 e. The Morgan fingerprint density at radius 2 is 1.39 bits per heavy atom. The Hall–Kier alpha value is -2.35. The van der Waals surface area contributed by atoms with E-state index in [2.05, 4.69) is 6.92 Å². The topological polar surface area (TPSA) is 76.4 Å². The van der Waals surface area contributed by atoms with E-state index in [1.807, 2.05) is 6.07 Å². The molecule has 1 aromatic carbocycles. The van der Waals surface area contributed by atoms with Crippen molar-refractivity contribution in [1.82, 2.24) is 0 Å². The van der Waals surface area contributed by atoms with E-state index in [0.717, 1.165) is 12.8 Å². The molecule has 0 amide bonds. The Balaban J connectivity index is 1.97. The fourth-order valence-corrected chi connectivity index (χ4v) is 2.83. The van der Waals surface area contributed by atoms with E-state index >= 15 is 0 Å². The highest BCUT2D eigenvalue weighted by Crippen LogP contribution is 2.13. The number of rotatable bonds is 15. The van der Waals surface area contributed by atoms with Gasteiger partial charge in [-0.05, 0) is 37.1 Å². The van der Waals surface area contributed by atoms with Crippen LogP contribution in [0.3, 0.4) is 0 Å². The minimum Gasteiger partial charge on any atom is -0.466 e. The monoisotopic (exact) mass is 387 g/mol. The molecule has 0 unspecified atom stereocenters. The Labute approximate surface area is 169 Å². The summed E-state index contributed by atoms with van der Waals surface area (Å²) in [5, 5.41) is 8.73. The Kier molecular flexibility index (Phi) is 13.3. The quantitative estimate of drug-likeness (QED) is 0.219. The van der Waals surface area contributed by atoms with Gasteiger partial charge in [-0.25, -0.2) is 0 Å². The maximum atomic E-state index is 11.8. The van der Waals surface area contributed by atoms with Crippen molar-refractivity contribution in [2.24, 2.45) is 0 Å². The molecule has 0 N–H and O–H groups in total. The minimum absolute atomic E-state index is 0.160. The molecule has 0 saturated heterocycles. The van der Waals surface area contributed by atoms with E-state index in [9.17, 15) is 9.59 Å². The molecule has 5 heteroatoms. The SMILES string of the molecule is CCCCCCCCCCCOC(=O)CCCC(=O)Oc1ccc(C#N)cc1. The molecule has 0 bridgehead atoms. The predicted molar refractivity (Wildman–Crippen MR) is 109 cm³/mol. The van der Waals surface area contributed by atoms with E-state index in [1.165, 1.54) is 44.9 Å². The van der Waals surface area contributed by atoms with Gasteiger partial charge in [0, 0.05) is 12.8 Å². The van der Waals surface area contributed by atoms with E-state index in [0.29, 0.717) is 24.3 Å². The standard InChI is InChI=1S/C23H33NO4/c1-2-3-4-5-6-7-8-9-10-18-27-22(25)12-11-13-23(26)28-21-16-14-20(19-24)15-17-21/h14-17H,2-13,18H2,1H3. The maximum absolute atomic E-state index is 11.8. The van der Waals surface area contributed by atoms with Gasteiger partial charge >= 0.3 is 11.9 Å². The fourth-order valence-electron chi connectivity index (χ4n) is 2.83. The zero-order valence-corrected chi connectivity index (χ0v) is 17.1. The summed E-state index contributed by atoms with van der Waals surface area (Å²) in [6.07, 6.45) is 11.8. The molecule has 0 atom stereocenters. The zero-order valence-electron chi connectivity index (χ0n) is 17.1. The zero-order chi connectivity index (χ0) is 20.5. The van der Waals surface area contributed by atoms with Gasteiger partial charge in [-0.1, -0.05) is 58.3 Å². The second kappa shape index (κ2) is 15.7. The van der Waals surface area contributed by atoms with Crippen LogP contribution < -0.4 is 4.74 Å². The summed E-state index contributed by atoms with van der Waals surface area (Å²) < 4.78 is 10.4. The fraction of sp³-hybridized carbons (Fsp3) is 0.609. The number of carbonyl (C=O) groups excluding carboxylic acids is 2. The summed E-state index contributed by atoms with van der Waals surface area (Å²) in [5.74, 6) is -0.251. The molecule has 0 saturated carbocycles. The van der Waals surface area contributed by atoms with Gasteiger partial charge in [-0.15, -0.1) is 0 Å². The van der Waals surface area contributed by atoms with Gasteiger partial charge in [0.2, 0.25) is 0 Å². The number of carbonyl (C=O) groups is 2. The van der Waals surface area contributed by atoms with Crippen LogP contribution in [0.5, 0.6) is 5.75 Å². The summed E-state index contributed by atoms with van der Waals surface area (Å²) in [6.45, 7) is 2.69. The van der Waals surface area contributed by atoms with Gasteiger partial charge < -0.3 is 9.47 Å². The summed E-state index contributed by atoms with van der Waals surface area (Å²) in [6, 6.07) is 8.34. The lowest BCUT2D eigenvalue weighted by atomic mass is 10.1. The number of hydrogen-bond donors (Lipinski definition) is 0. The van der Waals surface area contributed by atoms with E-state index < -0.39 is 5.97 Å². The normalized spacial score (nSPS) is 10.3. The number of unbranched alkanes of at least 4 members (excludes halogenated alkanes) is 8. The van der Waals surface area contributed by atoms with Crippen molar-refractivity contribution in [1.29, 1.82) is 5.26 Å². The third-order valence-corrected chi connectivity index (χ3v) is 4.49. The number of esters is 2. The lowest BCUT2D eigenvalue weighted by Gasteiger charge is -2.06. The smallest absolute Gasteiger partial charge is 0.311 e. The molecule has 0 aromatic heterocycles. The molecule has 1 rings (SSSR count). The van der Waals surface area contributed by atoms with Crippen molar-refractivity contribution in [3.8, 4) is 11.8 Å². The van der Waals surface area contributed by atoms with Crippen molar-refractivity contribution >= 4 is 11.9 Å². The van der Waals surface area contributed by atoms with Crippen LogP contribution in [-0.2, 0) is 14.3 Å². The summed E-state index contributed by atoms with van der Waals surface area (Å²) >= 11 is 0. The molecule has 0 fully saturated rings. The number of benzene rings is 1. The van der Waals surface area contributed by atoms with Crippen molar-refractivity contribution in [3.05, 3.63) is 29.8 Å².